The number of nitrogens with two attached hydrogens (primary N) is 1. The number of nitrogens with zero attached hydrogens (tertiary/aromatic N) is 1. The van der Waals surface area contributed by atoms with Crippen molar-refractivity contribution in [3.05, 3.63) is 54.6 Å². The van der Waals surface area contributed by atoms with Crippen molar-refractivity contribution in [2.45, 2.75) is 18.9 Å². The summed E-state index contributed by atoms with van der Waals surface area (Å²) >= 11 is 0. The van der Waals surface area contributed by atoms with Gasteiger partial charge in [-0.05, 0) is 49.2 Å². The summed E-state index contributed by atoms with van der Waals surface area (Å²) in [6.45, 7) is 0.640. The Morgan fingerprint density at radius 1 is 1.08 bits per heavy atom. The Balaban J connectivity index is 1.64. The number of nitrogens with one attached hydrogen (secondary N) is 2. The average Bonchev–Trinajstić information content (AvgIpc) is 2.59. The van der Waals surface area contributed by atoms with E-state index in [1.54, 1.807) is 29.2 Å². The van der Waals surface area contributed by atoms with Crippen LogP contribution in [0.15, 0.2) is 54.6 Å². The third-order valence-electron chi connectivity index (χ3n) is 3.98. The van der Waals surface area contributed by atoms with E-state index < -0.39 is 6.04 Å². The molecular formula is C18H20N4O2. The van der Waals surface area contributed by atoms with Gasteiger partial charge in [-0.25, -0.2) is 4.79 Å². The van der Waals surface area contributed by atoms with Crippen LogP contribution in [0.1, 0.15) is 12.8 Å². The van der Waals surface area contributed by atoms with E-state index in [1.165, 1.54) is 0 Å². The summed E-state index contributed by atoms with van der Waals surface area (Å²) in [7, 11) is 0. The summed E-state index contributed by atoms with van der Waals surface area (Å²) in [4.78, 5) is 26.4. The third-order valence-corrected chi connectivity index (χ3v) is 3.98. The molecule has 1 aliphatic rings. The Kier molecular flexibility index (Phi) is 4.65. The number of benzene rings is 2. The molecule has 0 saturated carbocycles. The van der Waals surface area contributed by atoms with Crippen LogP contribution >= 0.6 is 0 Å². The first kappa shape index (κ1) is 15.9. The van der Waals surface area contributed by atoms with Crippen LogP contribution < -0.4 is 21.3 Å². The van der Waals surface area contributed by atoms with Gasteiger partial charge in [0, 0.05) is 23.6 Å². The van der Waals surface area contributed by atoms with Crippen molar-refractivity contribution in [2.24, 2.45) is 0 Å². The largest absolute Gasteiger partial charge is 0.399 e. The van der Waals surface area contributed by atoms with E-state index in [2.05, 4.69) is 10.6 Å². The monoisotopic (exact) mass is 324 g/mol. The van der Waals surface area contributed by atoms with Gasteiger partial charge >= 0.3 is 6.03 Å². The highest BCUT2D eigenvalue weighted by Crippen LogP contribution is 2.22. The zero-order chi connectivity index (χ0) is 16.9. The molecule has 0 aromatic heterocycles. The fourth-order valence-corrected chi connectivity index (χ4v) is 2.77. The second kappa shape index (κ2) is 7.04. The van der Waals surface area contributed by atoms with Gasteiger partial charge in [0.1, 0.15) is 6.04 Å². The molecule has 6 heteroatoms. The molecule has 1 unspecified atom stereocenters. The highest BCUT2D eigenvalue weighted by molar-refractivity contribution is 6.01. The van der Waals surface area contributed by atoms with Crippen LogP contribution in [0.4, 0.5) is 21.9 Å². The Morgan fingerprint density at radius 3 is 2.50 bits per heavy atom. The molecule has 0 bridgehead atoms. The molecular weight excluding hydrogens is 304 g/mol. The standard InChI is InChI=1S/C18H20N4O2/c19-13-8-10-15(11-9-13)22-12-4-7-16(17(22)23)21-18(24)20-14-5-2-1-3-6-14/h1-3,5-6,8-11,16H,4,7,12,19H2,(H2,20,21,24). The number of anilines is 3. The van der Waals surface area contributed by atoms with Crippen molar-refractivity contribution in [2.75, 3.05) is 22.5 Å². The molecule has 1 fully saturated rings. The van der Waals surface area contributed by atoms with Gasteiger partial charge in [0.15, 0.2) is 0 Å². The molecule has 1 aliphatic heterocycles. The number of urea groups is 1. The lowest BCUT2D eigenvalue weighted by atomic mass is 10.0. The highest BCUT2D eigenvalue weighted by Gasteiger charge is 2.30. The van der Waals surface area contributed by atoms with Gasteiger partial charge in [-0.1, -0.05) is 18.2 Å². The average molecular weight is 324 g/mol. The van der Waals surface area contributed by atoms with Gasteiger partial charge in [-0.15, -0.1) is 0 Å². The summed E-state index contributed by atoms with van der Waals surface area (Å²) in [5, 5.41) is 5.50. The molecule has 3 rings (SSSR count). The van der Waals surface area contributed by atoms with Crippen LogP contribution in [0, 0.1) is 0 Å². The van der Waals surface area contributed by atoms with E-state index >= 15 is 0 Å². The van der Waals surface area contributed by atoms with Crippen molar-refractivity contribution in [1.82, 2.24) is 5.32 Å². The molecule has 1 heterocycles. The van der Waals surface area contributed by atoms with Gasteiger partial charge in [0.25, 0.3) is 0 Å². The van der Waals surface area contributed by atoms with Gasteiger partial charge in [0.05, 0.1) is 0 Å². The molecule has 0 spiro atoms. The van der Waals surface area contributed by atoms with E-state index in [9.17, 15) is 9.59 Å². The maximum atomic E-state index is 12.7. The summed E-state index contributed by atoms with van der Waals surface area (Å²) in [5.41, 5.74) is 7.83. The minimum atomic E-state index is -0.528. The van der Waals surface area contributed by atoms with E-state index in [1.807, 2.05) is 30.3 Å². The number of carbonyl (C=O) groups excluding carboxylic acids is 2. The molecule has 0 aliphatic carbocycles. The van der Waals surface area contributed by atoms with Gasteiger partial charge < -0.3 is 21.3 Å². The van der Waals surface area contributed by atoms with E-state index in [4.69, 9.17) is 5.73 Å². The normalized spacial score (nSPS) is 17.4. The van der Waals surface area contributed by atoms with Crippen LogP contribution in [0.2, 0.25) is 0 Å². The minimum absolute atomic E-state index is 0.103. The third kappa shape index (κ3) is 3.65. The maximum absolute atomic E-state index is 12.7. The zero-order valence-corrected chi connectivity index (χ0v) is 13.2. The summed E-state index contributed by atoms with van der Waals surface area (Å²) in [6, 6.07) is 15.4. The second-order valence-corrected chi connectivity index (χ2v) is 5.74. The molecule has 1 saturated heterocycles. The minimum Gasteiger partial charge on any atom is -0.399 e. The fourth-order valence-electron chi connectivity index (χ4n) is 2.77. The molecule has 24 heavy (non-hydrogen) atoms. The zero-order valence-electron chi connectivity index (χ0n) is 13.2. The van der Waals surface area contributed by atoms with Crippen LogP contribution in [0.5, 0.6) is 0 Å². The lowest BCUT2D eigenvalue weighted by Gasteiger charge is -2.32. The summed E-state index contributed by atoms with van der Waals surface area (Å²) < 4.78 is 0. The van der Waals surface area contributed by atoms with E-state index in [0.717, 1.165) is 12.1 Å². The number of piperidine rings is 1. The van der Waals surface area contributed by atoms with E-state index in [-0.39, 0.29) is 11.9 Å². The number of rotatable bonds is 3. The topological polar surface area (TPSA) is 87.5 Å². The maximum Gasteiger partial charge on any atom is 0.319 e. The second-order valence-electron chi connectivity index (χ2n) is 5.74. The molecule has 1 atom stereocenters. The Labute approximate surface area is 140 Å². The van der Waals surface area contributed by atoms with Crippen LogP contribution in [-0.4, -0.2) is 24.5 Å². The predicted molar refractivity (Wildman–Crippen MR) is 94.8 cm³/mol. The number of hydrogen-bond donors (Lipinski definition) is 3. The quantitative estimate of drug-likeness (QED) is 0.758. The number of para-hydroxylation sites is 1. The predicted octanol–water partition coefficient (Wildman–Crippen LogP) is 2.59. The Bertz CT molecular complexity index is 716. The number of hydrogen-bond acceptors (Lipinski definition) is 3. The number of amides is 3. The molecule has 0 radical (unpaired) electrons. The lowest BCUT2D eigenvalue weighted by Crippen LogP contribution is -2.53. The SMILES string of the molecule is Nc1ccc(N2CCCC(NC(=O)Nc3ccccc3)C2=O)cc1. The fraction of sp³-hybridized carbons (Fsp3) is 0.222. The van der Waals surface area contributed by atoms with Gasteiger partial charge in [-0.3, -0.25) is 4.79 Å². The molecule has 2 aromatic carbocycles. The van der Waals surface area contributed by atoms with Crippen molar-refractivity contribution in [3.63, 3.8) is 0 Å². The first-order chi connectivity index (χ1) is 11.6. The van der Waals surface area contributed by atoms with Crippen molar-refractivity contribution < 1.29 is 9.59 Å². The molecule has 124 valence electrons. The van der Waals surface area contributed by atoms with E-state index in [0.29, 0.717) is 24.3 Å². The molecule has 2 aromatic rings. The van der Waals surface area contributed by atoms with Crippen LogP contribution in [-0.2, 0) is 4.79 Å². The first-order valence-electron chi connectivity index (χ1n) is 7.93. The highest BCUT2D eigenvalue weighted by atomic mass is 16.2. The van der Waals surface area contributed by atoms with Crippen molar-refractivity contribution >= 4 is 29.0 Å². The smallest absolute Gasteiger partial charge is 0.319 e. The Hall–Kier alpha value is -3.02. The van der Waals surface area contributed by atoms with Crippen LogP contribution in [0.25, 0.3) is 0 Å². The van der Waals surface area contributed by atoms with Gasteiger partial charge in [0.2, 0.25) is 5.91 Å². The van der Waals surface area contributed by atoms with Crippen molar-refractivity contribution in [1.29, 1.82) is 0 Å². The summed E-state index contributed by atoms with van der Waals surface area (Å²) in [6.07, 6.45) is 1.46. The van der Waals surface area contributed by atoms with Gasteiger partial charge in [-0.2, -0.15) is 0 Å². The summed E-state index contributed by atoms with van der Waals surface area (Å²) in [5.74, 6) is -0.103. The molecule has 4 N–H and O–H groups in total. The number of carbonyl (C=O) groups is 2. The molecule has 3 amide bonds. The van der Waals surface area contributed by atoms with Crippen molar-refractivity contribution in [3.8, 4) is 0 Å². The lowest BCUT2D eigenvalue weighted by molar-refractivity contribution is -0.121. The molecule has 6 nitrogen and oxygen atoms in total. The van der Waals surface area contributed by atoms with Crippen LogP contribution in [0.3, 0.4) is 0 Å². The first-order valence-corrected chi connectivity index (χ1v) is 7.93. The number of nitrogen functional groups attached to an aromatic ring is 1. The Morgan fingerprint density at radius 2 is 1.79 bits per heavy atom.